The summed E-state index contributed by atoms with van der Waals surface area (Å²) in [4.78, 5) is 7.38. The maximum absolute atomic E-state index is 4.82. The second-order valence-corrected chi connectivity index (χ2v) is 6.27. The van der Waals surface area contributed by atoms with Crippen molar-refractivity contribution < 1.29 is 0 Å². The predicted octanol–water partition coefficient (Wildman–Crippen LogP) is 3.80. The Hall–Kier alpha value is -0.610. The molecule has 0 amide bonds. The van der Waals surface area contributed by atoms with Gasteiger partial charge in [-0.25, -0.2) is 4.98 Å². The first-order valence-corrected chi connectivity index (χ1v) is 8.64. The van der Waals surface area contributed by atoms with Gasteiger partial charge in [-0.1, -0.05) is 20.3 Å². The first-order valence-electron chi connectivity index (χ1n) is 7.77. The predicted molar refractivity (Wildman–Crippen MR) is 84.0 cm³/mol. The number of thiazole rings is 1. The van der Waals surface area contributed by atoms with Crippen LogP contribution in [0.25, 0.3) is 0 Å². The van der Waals surface area contributed by atoms with Crippen LogP contribution in [0.5, 0.6) is 0 Å². The summed E-state index contributed by atoms with van der Waals surface area (Å²) < 4.78 is 0. The number of hydrogen-bond acceptors (Lipinski definition) is 4. The Bertz CT molecular complexity index is 362. The maximum Gasteiger partial charge on any atom is 0.185 e. The summed E-state index contributed by atoms with van der Waals surface area (Å²) in [7, 11) is 0. The summed E-state index contributed by atoms with van der Waals surface area (Å²) in [5.41, 5.74) is 1.20. The van der Waals surface area contributed by atoms with E-state index in [0.717, 1.165) is 19.1 Å². The Morgan fingerprint density at radius 1 is 1.37 bits per heavy atom. The summed E-state index contributed by atoms with van der Waals surface area (Å²) >= 11 is 1.82. The van der Waals surface area contributed by atoms with Crippen LogP contribution in [-0.2, 0) is 6.54 Å². The third kappa shape index (κ3) is 4.18. The normalized spacial score (nSPS) is 19.9. The number of anilines is 1. The van der Waals surface area contributed by atoms with Gasteiger partial charge in [0.1, 0.15) is 0 Å². The van der Waals surface area contributed by atoms with Crippen molar-refractivity contribution in [3.05, 3.63) is 11.1 Å². The zero-order valence-corrected chi connectivity index (χ0v) is 13.1. The molecule has 108 valence electrons. The molecule has 0 spiro atoms. The molecule has 1 aliphatic heterocycles. The first kappa shape index (κ1) is 14.8. The van der Waals surface area contributed by atoms with E-state index in [9.17, 15) is 0 Å². The number of hydrogen-bond donors (Lipinski definition) is 1. The molecule has 1 aliphatic rings. The number of nitrogens with zero attached hydrogens (tertiary/aromatic N) is 2. The maximum atomic E-state index is 4.82. The van der Waals surface area contributed by atoms with Gasteiger partial charge >= 0.3 is 0 Å². The molecule has 4 heteroatoms. The highest BCUT2D eigenvalue weighted by Crippen LogP contribution is 2.29. The van der Waals surface area contributed by atoms with Gasteiger partial charge in [0, 0.05) is 24.5 Å². The molecule has 2 heterocycles. The van der Waals surface area contributed by atoms with E-state index >= 15 is 0 Å². The van der Waals surface area contributed by atoms with Crippen LogP contribution in [0.15, 0.2) is 5.38 Å². The highest BCUT2D eigenvalue weighted by molar-refractivity contribution is 7.13. The van der Waals surface area contributed by atoms with Crippen molar-refractivity contribution in [3.8, 4) is 0 Å². The Kier molecular flexibility index (Phi) is 6.11. The molecule has 1 fully saturated rings. The lowest BCUT2D eigenvalue weighted by molar-refractivity contribution is 0.434. The Balaban J connectivity index is 1.95. The van der Waals surface area contributed by atoms with Crippen molar-refractivity contribution in [2.45, 2.75) is 65.0 Å². The molecule has 1 atom stereocenters. The van der Waals surface area contributed by atoms with E-state index in [4.69, 9.17) is 4.98 Å². The zero-order chi connectivity index (χ0) is 13.5. The second kappa shape index (κ2) is 7.85. The molecular weight excluding hydrogens is 254 g/mol. The van der Waals surface area contributed by atoms with Crippen LogP contribution in [0.1, 0.15) is 58.1 Å². The topological polar surface area (TPSA) is 28.2 Å². The van der Waals surface area contributed by atoms with Crippen LogP contribution in [0, 0.1) is 0 Å². The number of rotatable bonds is 7. The summed E-state index contributed by atoms with van der Waals surface area (Å²) in [6.45, 7) is 7.67. The van der Waals surface area contributed by atoms with Gasteiger partial charge in [-0.15, -0.1) is 11.3 Å². The molecular formula is C15H27N3S. The van der Waals surface area contributed by atoms with Gasteiger partial charge in [0.05, 0.1) is 5.69 Å². The number of aromatic nitrogens is 1. The van der Waals surface area contributed by atoms with Crippen LogP contribution in [0.4, 0.5) is 5.13 Å². The summed E-state index contributed by atoms with van der Waals surface area (Å²) in [5.74, 6) is 0. The minimum absolute atomic E-state index is 0.723. The van der Waals surface area contributed by atoms with Gasteiger partial charge < -0.3 is 10.2 Å². The van der Waals surface area contributed by atoms with E-state index in [2.05, 4.69) is 29.4 Å². The minimum Gasteiger partial charge on any atom is -0.345 e. The highest BCUT2D eigenvalue weighted by atomic mass is 32.1. The van der Waals surface area contributed by atoms with Crippen LogP contribution in [0.2, 0.25) is 0 Å². The smallest absolute Gasteiger partial charge is 0.185 e. The lowest BCUT2D eigenvalue weighted by atomic mass is 9.99. The third-order valence-electron chi connectivity index (χ3n) is 3.77. The molecule has 1 N–H and O–H groups in total. The molecule has 1 unspecified atom stereocenters. The molecule has 0 radical (unpaired) electrons. The van der Waals surface area contributed by atoms with Gasteiger partial charge in [0.25, 0.3) is 0 Å². The fourth-order valence-corrected chi connectivity index (χ4v) is 3.71. The highest BCUT2D eigenvalue weighted by Gasteiger charge is 2.23. The SMILES string of the molecule is CCCNCc1csc(N2CCCCC2CCC)n1. The van der Waals surface area contributed by atoms with Crippen LogP contribution >= 0.6 is 11.3 Å². The van der Waals surface area contributed by atoms with Crippen LogP contribution < -0.4 is 10.2 Å². The quantitative estimate of drug-likeness (QED) is 0.771. The van der Waals surface area contributed by atoms with E-state index in [0.29, 0.717) is 0 Å². The van der Waals surface area contributed by atoms with Gasteiger partial charge in [-0.2, -0.15) is 0 Å². The number of nitrogens with one attached hydrogen (secondary N) is 1. The first-order chi connectivity index (χ1) is 9.35. The molecule has 0 saturated carbocycles. The molecule has 0 bridgehead atoms. The van der Waals surface area contributed by atoms with Crippen LogP contribution in [0.3, 0.4) is 0 Å². The third-order valence-corrected chi connectivity index (χ3v) is 4.69. The molecule has 1 aromatic rings. The molecule has 0 aromatic carbocycles. The number of piperidine rings is 1. The standard InChI is InChI=1S/C15H27N3S/c1-3-7-14-8-5-6-10-18(14)15-17-13(12-19-15)11-16-9-4-2/h12,14,16H,3-11H2,1-2H3. The van der Waals surface area contributed by atoms with Crippen molar-refractivity contribution in [2.75, 3.05) is 18.0 Å². The summed E-state index contributed by atoms with van der Waals surface area (Å²) in [5, 5.41) is 6.89. The van der Waals surface area contributed by atoms with Crippen molar-refractivity contribution in [1.82, 2.24) is 10.3 Å². The van der Waals surface area contributed by atoms with Crippen molar-refractivity contribution in [1.29, 1.82) is 0 Å². The molecule has 2 rings (SSSR count). The lowest BCUT2D eigenvalue weighted by Crippen LogP contribution is -2.39. The van der Waals surface area contributed by atoms with Gasteiger partial charge in [0.2, 0.25) is 0 Å². The summed E-state index contributed by atoms with van der Waals surface area (Å²) in [6, 6.07) is 0.723. The Labute approximate surface area is 121 Å². The van der Waals surface area contributed by atoms with Gasteiger partial charge in [-0.05, 0) is 38.6 Å². The summed E-state index contributed by atoms with van der Waals surface area (Å²) in [6.07, 6.45) is 7.82. The minimum atomic E-state index is 0.723. The Morgan fingerprint density at radius 3 is 3.05 bits per heavy atom. The van der Waals surface area contributed by atoms with Crippen molar-refractivity contribution in [2.24, 2.45) is 0 Å². The average Bonchev–Trinajstić information content (AvgIpc) is 2.89. The van der Waals surface area contributed by atoms with Crippen molar-refractivity contribution >= 4 is 16.5 Å². The monoisotopic (exact) mass is 281 g/mol. The van der Waals surface area contributed by atoms with E-state index in [1.165, 1.54) is 55.9 Å². The molecule has 0 aliphatic carbocycles. The lowest BCUT2D eigenvalue weighted by Gasteiger charge is -2.35. The van der Waals surface area contributed by atoms with E-state index in [-0.39, 0.29) is 0 Å². The van der Waals surface area contributed by atoms with E-state index in [1.807, 2.05) is 11.3 Å². The van der Waals surface area contributed by atoms with Crippen molar-refractivity contribution in [3.63, 3.8) is 0 Å². The van der Waals surface area contributed by atoms with E-state index < -0.39 is 0 Å². The molecule has 1 aromatic heterocycles. The molecule has 3 nitrogen and oxygen atoms in total. The van der Waals surface area contributed by atoms with Gasteiger partial charge in [0.15, 0.2) is 5.13 Å². The van der Waals surface area contributed by atoms with E-state index in [1.54, 1.807) is 0 Å². The fraction of sp³-hybridized carbons (Fsp3) is 0.800. The largest absolute Gasteiger partial charge is 0.345 e. The molecule has 19 heavy (non-hydrogen) atoms. The van der Waals surface area contributed by atoms with Crippen LogP contribution in [-0.4, -0.2) is 24.1 Å². The Morgan fingerprint density at radius 2 is 2.26 bits per heavy atom. The zero-order valence-electron chi connectivity index (χ0n) is 12.3. The molecule has 1 saturated heterocycles. The second-order valence-electron chi connectivity index (χ2n) is 5.43. The van der Waals surface area contributed by atoms with Gasteiger partial charge in [-0.3, -0.25) is 0 Å². The fourth-order valence-electron chi connectivity index (χ4n) is 2.79. The average molecular weight is 281 g/mol.